The molecule has 3 rings (SSSR count). The minimum Gasteiger partial charge on any atom is -0.476 e. The van der Waals surface area contributed by atoms with Crippen LogP contribution < -0.4 is 5.32 Å². The smallest absolute Gasteiger partial charge is 0.408 e. The molecule has 7 nitrogen and oxygen atoms in total. The van der Waals surface area contributed by atoms with Gasteiger partial charge < -0.3 is 15.3 Å². The SMILES string of the molecule is CC1CCCN1C(=O)c1nc(C(=O)O)sc1-c1cnc(NC(C)C(F)(F)F)cc1C(F)F. The van der Waals surface area contributed by atoms with E-state index in [1.54, 1.807) is 0 Å². The van der Waals surface area contributed by atoms with Crippen LogP contribution in [0.3, 0.4) is 0 Å². The van der Waals surface area contributed by atoms with Crippen molar-refractivity contribution in [3.63, 3.8) is 0 Å². The number of carboxylic acids is 1. The molecule has 1 aliphatic heterocycles. The molecule has 0 saturated carbocycles. The number of nitrogens with one attached hydrogen (secondary N) is 1. The number of thiazole rings is 1. The van der Waals surface area contributed by atoms with Crippen molar-refractivity contribution in [2.24, 2.45) is 0 Å². The maximum absolute atomic E-state index is 13.8. The second-order valence-corrected chi connectivity index (χ2v) is 8.36. The minimum absolute atomic E-state index is 0.121. The zero-order chi connectivity index (χ0) is 23.8. The first-order valence-corrected chi connectivity index (χ1v) is 10.4. The first-order chi connectivity index (χ1) is 14.9. The van der Waals surface area contributed by atoms with E-state index in [1.807, 2.05) is 12.2 Å². The number of carbonyl (C=O) groups is 2. The number of alkyl halides is 5. The van der Waals surface area contributed by atoms with Gasteiger partial charge in [-0.15, -0.1) is 11.3 Å². The second-order valence-electron chi connectivity index (χ2n) is 7.36. The van der Waals surface area contributed by atoms with Gasteiger partial charge >= 0.3 is 12.1 Å². The van der Waals surface area contributed by atoms with Crippen molar-refractivity contribution < 1.29 is 36.6 Å². The molecule has 2 unspecified atom stereocenters. The molecule has 0 bridgehead atoms. The van der Waals surface area contributed by atoms with Crippen molar-refractivity contribution in [1.29, 1.82) is 0 Å². The summed E-state index contributed by atoms with van der Waals surface area (Å²) in [5, 5.41) is 10.9. The lowest BCUT2D eigenvalue weighted by Gasteiger charge is -2.21. The number of carboxylic acid groups (broad SMARTS) is 1. The Morgan fingerprint density at radius 1 is 1.34 bits per heavy atom. The number of aromatic nitrogens is 2. The maximum atomic E-state index is 13.8. The normalized spacial score (nSPS) is 17.6. The number of likely N-dealkylation sites (tertiary alicyclic amines) is 1. The molecule has 0 spiro atoms. The Labute approximate surface area is 183 Å². The third-order valence-corrected chi connectivity index (χ3v) is 6.17. The van der Waals surface area contributed by atoms with Crippen LogP contribution in [0.4, 0.5) is 27.8 Å². The third kappa shape index (κ3) is 4.81. The van der Waals surface area contributed by atoms with Gasteiger partial charge in [0.2, 0.25) is 5.01 Å². The van der Waals surface area contributed by atoms with E-state index in [0.717, 1.165) is 32.0 Å². The highest BCUT2D eigenvalue weighted by molar-refractivity contribution is 7.17. The minimum atomic E-state index is -4.62. The number of halogens is 5. The molecule has 2 N–H and O–H groups in total. The second kappa shape index (κ2) is 8.96. The molecule has 1 fully saturated rings. The molecule has 0 aliphatic carbocycles. The van der Waals surface area contributed by atoms with Gasteiger partial charge in [-0.1, -0.05) is 0 Å². The summed E-state index contributed by atoms with van der Waals surface area (Å²) in [6.07, 6.45) is -5.38. The highest BCUT2D eigenvalue weighted by Gasteiger charge is 2.37. The molecule has 1 amide bonds. The lowest BCUT2D eigenvalue weighted by atomic mass is 10.1. The van der Waals surface area contributed by atoms with Gasteiger partial charge in [-0.25, -0.2) is 23.5 Å². The Morgan fingerprint density at radius 3 is 2.56 bits per heavy atom. The van der Waals surface area contributed by atoms with Gasteiger partial charge in [0.05, 0.1) is 4.88 Å². The van der Waals surface area contributed by atoms with Gasteiger partial charge in [0.1, 0.15) is 17.6 Å². The summed E-state index contributed by atoms with van der Waals surface area (Å²) in [4.78, 5) is 33.5. The molecule has 174 valence electrons. The Kier molecular flexibility index (Phi) is 6.67. The Balaban J connectivity index is 2.08. The van der Waals surface area contributed by atoms with Crippen LogP contribution in [0.25, 0.3) is 10.4 Å². The number of hydrogen-bond acceptors (Lipinski definition) is 6. The van der Waals surface area contributed by atoms with Gasteiger partial charge in [-0.3, -0.25) is 4.79 Å². The fourth-order valence-corrected chi connectivity index (χ4v) is 4.26. The number of anilines is 1. The number of hydrogen-bond donors (Lipinski definition) is 2. The number of amides is 1. The number of carbonyl (C=O) groups excluding carboxylic acids is 1. The third-order valence-electron chi connectivity index (χ3n) is 5.10. The first kappa shape index (κ1) is 23.8. The standard InChI is InChI=1S/C19H19F5N4O3S/c1-8-4-3-5-28(8)17(29)13-14(32-16(27-13)18(30)31)11-7-25-12(6-10(11)15(20)21)26-9(2)19(22,23)24/h6-9,15H,3-5H2,1-2H3,(H,25,26)(H,30,31). The van der Waals surface area contributed by atoms with Gasteiger partial charge in [0.15, 0.2) is 0 Å². The molecule has 32 heavy (non-hydrogen) atoms. The molecule has 2 aromatic rings. The Bertz CT molecular complexity index is 1030. The molecular weight excluding hydrogens is 459 g/mol. The van der Waals surface area contributed by atoms with Crippen molar-refractivity contribution in [3.05, 3.63) is 28.5 Å². The molecule has 1 aliphatic rings. The average molecular weight is 478 g/mol. The van der Waals surface area contributed by atoms with Crippen LogP contribution in [0.5, 0.6) is 0 Å². The average Bonchev–Trinajstić information content (AvgIpc) is 3.33. The highest BCUT2D eigenvalue weighted by Crippen LogP contribution is 2.39. The van der Waals surface area contributed by atoms with Crippen LogP contribution in [0, 0.1) is 0 Å². The summed E-state index contributed by atoms with van der Waals surface area (Å²) in [7, 11) is 0. The zero-order valence-electron chi connectivity index (χ0n) is 16.9. The van der Waals surface area contributed by atoms with Crippen LogP contribution in [0.1, 0.15) is 59.0 Å². The predicted octanol–water partition coefficient (Wildman–Crippen LogP) is 4.83. The molecule has 0 radical (unpaired) electrons. The lowest BCUT2D eigenvalue weighted by Crippen LogP contribution is -2.34. The maximum Gasteiger partial charge on any atom is 0.408 e. The van der Waals surface area contributed by atoms with Gasteiger partial charge in [-0.2, -0.15) is 13.2 Å². The van der Waals surface area contributed by atoms with E-state index in [1.165, 1.54) is 4.90 Å². The van der Waals surface area contributed by atoms with Gasteiger partial charge in [0.25, 0.3) is 12.3 Å². The molecule has 3 heterocycles. The summed E-state index contributed by atoms with van der Waals surface area (Å²) in [5.74, 6) is -2.46. The molecular formula is C19H19F5N4O3S. The van der Waals surface area contributed by atoms with Crippen LogP contribution in [0.15, 0.2) is 12.3 Å². The zero-order valence-corrected chi connectivity index (χ0v) is 17.7. The van der Waals surface area contributed by atoms with Crippen molar-refractivity contribution in [2.45, 2.75) is 51.4 Å². The molecule has 1 saturated heterocycles. The summed E-state index contributed by atoms with van der Waals surface area (Å²) < 4.78 is 66.0. The summed E-state index contributed by atoms with van der Waals surface area (Å²) in [6, 6.07) is -1.41. The van der Waals surface area contributed by atoms with Crippen molar-refractivity contribution >= 4 is 29.0 Å². The first-order valence-electron chi connectivity index (χ1n) is 9.57. The van der Waals surface area contributed by atoms with Crippen molar-refractivity contribution in [2.75, 3.05) is 11.9 Å². The Hall–Kier alpha value is -2.83. The van der Waals surface area contributed by atoms with Crippen LogP contribution in [0.2, 0.25) is 0 Å². The summed E-state index contributed by atoms with van der Waals surface area (Å²) >= 11 is 0.533. The summed E-state index contributed by atoms with van der Waals surface area (Å²) in [5.41, 5.74) is -1.25. The molecule has 2 atom stereocenters. The number of rotatable bonds is 6. The van der Waals surface area contributed by atoms with E-state index in [0.29, 0.717) is 17.9 Å². The number of pyridine rings is 1. The van der Waals surface area contributed by atoms with E-state index in [-0.39, 0.29) is 22.2 Å². The highest BCUT2D eigenvalue weighted by atomic mass is 32.1. The van der Waals surface area contributed by atoms with E-state index in [2.05, 4.69) is 9.97 Å². The van der Waals surface area contributed by atoms with Crippen molar-refractivity contribution in [3.8, 4) is 10.4 Å². The molecule has 13 heteroatoms. The molecule has 2 aromatic heterocycles. The van der Waals surface area contributed by atoms with Crippen LogP contribution in [-0.4, -0.2) is 56.7 Å². The largest absolute Gasteiger partial charge is 0.476 e. The van der Waals surface area contributed by atoms with E-state index in [4.69, 9.17) is 0 Å². The topological polar surface area (TPSA) is 95.4 Å². The van der Waals surface area contributed by atoms with Crippen LogP contribution >= 0.6 is 11.3 Å². The quantitative estimate of drug-likeness (QED) is 0.578. The lowest BCUT2D eigenvalue weighted by molar-refractivity contribution is -0.138. The van der Waals surface area contributed by atoms with Crippen LogP contribution in [-0.2, 0) is 0 Å². The number of nitrogens with zero attached hydrogens (tertiary/aromatic N) is 3. The van der Waals surface area contributed by atoms with E-state index < -0.39 is 46.9 Å². The fraction of sp³-hybridized carbons (Fsp3) is 0.474. The van der Waals surface area contributed by atoms with Crippen molar-refractivity contribution in [1.82, 2.24) is 14.9 Å². The molecule has 0 aromatic carbocycles. The monoisotopic (exact) mass is 478 g/mol. The van der Waals surface area contributed by atoms with Gasteiger partial charge in [0, 0.05) is 29.9 Å². The van der Waals surface area contributed by atoms with E-state index >= 15 is 0 Å². The van der Waals surface area contributed by atoms with E-state index in [9.17, 15) is 36.6 Å². The Morgan fingerprint density at radius 2 is 2.03 bits per heavy atom. The fourth-order valence-electron chi connectivity index (χ4n) is 3.33. The number of aromatic carboxylic acids is 1. The predicted molar refractivity (Wildman–Crippen MR) is 106 cm³/mol. The summed E-state index contributed by atoms with van der Waals surface area (Å²) in [6.45, 7) is 3.04. The van der Waals surface area contributed by atoms with Gasteiger partial charge in [-0.05, 0) is 32.8 Å².